The zero-order valence-corrected chi connectivity index (χ0v) is 69.3. The van der Waals surface area contributed by atoms with Gasteiger partial charge in [0, 0.05) is 119 Å². The number of amides is 4. The van der Waals surface area contributed by atoms with E-state index in [1.165, 1.54) is 39.4 Å². The summed E-state index contributed by atoms with van der Waals surface area (Å²) in [6, 6.07) is 53.0. The molecule has 0 bridgehead atoms. The van der Waals surface area contributed by atoms with Crippen LogP contribution in [-0.4, -0.2) is 121 Å². The highest BCUT2D eigenvalue weighted by molar-refractivity contribution is 7.23. The third-order valence-electron chi connectivity index (χ3n) is 18.4. The molecule has 0 radical (unpaired) electrons. The first-order valence-corrected chi connectivity index (χ1v) is 40.5. The van der Waals surface area contributed by atoms with Gasteiger partial charge in [-0.05, 0) is 262 Å². The molecule has 7 N–H and O–H groups in total. The molecule has 3 saturated carbocycles. The number of rotatable bonds is 15. The minimum atomic E-state index is -0.543. The molecular weight excluding hydrogens is 1510 g/mol. The van der Waals surface area contributed by atoms with Crippen molar-refractivity contribution >= 4 is 113 Å². The number of aldehydes is 1. The fourth-order valence-corrected chi connectivity index (χ4v) is 16.1. The first kappa shape index (κ1) is 88.4. The van der Waals surface area contributed by atoms with Crippen LogP contribution in [0.15, 0.2) is 195 Å². The molecule has 112 heavy (non-hydrogen) atoms. The predicted octanol–water partition coefficient (Wildman–Crippen LogP) is 20.7. The van der Waals surface area contributed by atoms with Crippen LogP contribution in [0.4, 0.5) is 14.4 Å². The first-order chi connectivity index (χ1) is 53.5. The number of pyridine rings is 3. The number of fused-ring (bicyclic) bond motifs is 2. The van der Waals surface area contributed by atoms with Crippen molar-refractivity contribution in [1.29, 1.82) is 0 Å². The molecule has 0 unspecified atom stereocenters. The number of aromatic nitrogens is 3. The molecule has 5 heterocycles. The van der Waals surface area contributed by atoms with E-state index in [4.69, 9.17) is 59.9 Å². The summed E-state index contributed by atoms with van der Waals surface area (Å²) >= 11 is 20.9. The van der Waals surface area contributed by atoms with Gasteiger partial charge in [-0.3, -0.25) is 29.3 Å². The predicted molar refractivity (Wildman–Crippen MR) is 454 cm³/mol. The Bertz CT molecular complexity index is 4640. The molecule has 10 aromatic rings. The maximum Gasteiger partial charge on any atom is 0.407 e. The normalized spacial score (nSPS) is 17.3. The van der Waals surface area contributed by atoms with E-state index in [1.54, 1.807) is 30.9 Å². The smallest absolute Gasteiger partial charge is 0.407 e. The van der Waals surface area contributed by atoms with E-state index in [9.17, 15) is 28.8 Å². The van der Waals surface area contributed by atoms with Crippen LogP contribution in [-0.2, 0) is 27.3 Å². The maximum absolute atomic E-state index is 14.2. The summed E-state index contributed by atoms with van der Waals surface area (Å²) < 4.78 is 18.0. The summed E-state index contributed by atoms with van der Waals surface area (Å²) in [5.74, 6) is -0.0518. The molecular formula is C88H104Cl3N9O10S2. The van der Waals surface area contributed by atoms with Crippen LogP contribution in [0.2, 0.25) is 10.0 Å². The molecule has 0 aliphatic heterocycles. The summed E-state index contributed by atoms with van der Waals surface area (Å²) in [6.45, 7) is 18.1. The molecule has 3 aliphatic carbocycles. The Morgan fingerprint density at radius 1 is 0.473 bits per heavy atom. The summed E-state index contributed by atoms with van der Waals surface area (Å²) in [4.78, 5) is 86.5. The SMILES string of the molecule is CC(C)(C)OC(=O)NC1CCC(N(Cc2cccc(-c3ccncc3)c2)C(=O)c2sc3ccccc3c2Cl)CC1.CC(C)(C)OC(=O)NC1CCC(N)CC1.CC(C)(C)OC(=O)NC1CCC(NCc2cccc(-c3ccncc3)c2)CC1.CO.O=C(Cl)c1sc2ccccc2c1Cl.O=Cc1cccc(-c2ccncc2)c1. The second-order valence-electron chi connectivity index (χ2n) is 30.5. The third kappa shape index (κ3) is 28.8. The van der Waals surface area contributed by atoms with Crippen LogP contribution in [0.1, 0.15) is 180 Å². The van der Waals surface area contributed by atoms with Gasteiger partial charge in [-0.25, -0.2) is 14.4 Å². The molecule has 5 aromatic heterocycles. The first-order valence-electron chi connectivity index (χ1n) is 37.7. The highest BCUT2D eigenvalue weighted by atomic mass is 35.5. The number of nitrogens with one attached hydrogen (secondary N) is 4. The topological polar surface area (TPSA) is 266 Å². The second-order valence-corrected chi connectivity index (χ2v) is 33.7. The van der Waals surface area contributed by atoms with Crippen LogP contribution in [0.3, 0.4) is 0 Å². The number of benzene rings is 5. The molecule has 594 valence electrons. The van der Waals surface area contributed by atoms with Crippen LogP contribution in [0.25, 0.3) is 53.6 Å². The van der Waals surface area contributed by atoms with Gasteiger partial charge in [0.25, 0.3) is 11.1 Å². The number of nitrogens with two attached hydrogens (primary N) is 1. The minimum absolute atomic E-state index is 0.0194. The fraction of sp³-hybridized carbons (Fsp3) is 0.375. The highest BCUT2D eigenvalue weighted by Crippen LogP contribution is 2.39. The van der Waals surface area contributed by atoms with Crippen molar-refractivity contribution < 1.29 is 48.1 Å². The van der Waals surface area contributed by atoms with Gasteiger partial charge in [-0.15, -0.1) is 22.7 Å². The standard InChI is InChI=1S/C32H34ClN3O3S.C23H31N3O2.C12H9NO.C11H22N2O2.C9H4Cl2OS.CH4O/c1-32(2,3)39-31(38)35-24-11-13-25(14-12-24)36(30(37)29-28(33)26-9-4-5-10-27(26)40-29)20-21-7-6-8-23(19-21)22-15-17-34-18-16-22;1-23(2,3)28-22(27)26-21-9-7-20(8-10-21)25-16-17-5-4-6-19(15-17)18-11-13-24-14-12-18;14-9-10-2-1-3-12(8-10)11-4-6-13-7-5-11;1-11(2,3)15-10(14)13-9-6-4-8(12)5-7-9;10-7-5-3-1-2-4-6(5)13-8(7)9(11)12;1-2/h4-10,15-19,24-25H,11-14,20H2,1-3H3,(H,35,38);4-6,11-15,20-21,25H,7-10,16H2,1-3H3,(H,26,27);1-9H;8-9H,4-7,12H2,1-3H3,(H,13,14);1-4H;2H,1H3. The molecule has 3 aliphatic rings. The van der Waals surface area contributed by atoms with Crippen molar-refractivity contribution in [3.63, 3.8) is 0 Å². The maximum atomic E-state index is 14.2. The Balaban J connectivity index is 0.000000189. The number of hydrogen-bond acceptors (Lipinski definition) is 17. The number of ether oxygens (including phenoxy) is 3. The minimum Gasteiger partial charge on any atom is -0.444 e. The molecule has 13 rings (SSSR count). The van der Waals surface area contributed by atoms with Crippen LogP contribution in [0.5, 0.6) is 0 Å². The number of thiophene rings is 2. The quantitative estimate of drug-likeness (QED) is 0.0317. The number of aliphatic hydroxyl groups is 1. The summed E-state index contributed by atoms with van der Waals surface area (Å²) in [6.07, 6.45) is 21.6. The average molecular weight is 1620 g/mol. The number of halogens is 3. The van der Waals surface area contributed by atoms with E-state index in [1.807, 2.05) is 189 Å². The van der Waals surface area contributed by atoms with E-state index in [0.29, 0.717) is 44.0 Å². The lowest BCUT2D eigenvalue weighted by Gasteiger charge is -2.37. The van der Waals surface area contributed by atoms with Gasteiger partial charge in [-0.1, -0.05) is 114 Å². The molecule has 4 amide bonds. The Labute approximate surface area is 681 Å². The number of carbonyl (C=O) groups excluding carboxylic acids is 6. The summed E-state index contributed by atoms with van der Waals surface area (Å²) in [7, 11) is 1.00. The third-order valence-corrected chi connectivity index (χ3v) is 22.0. The molecule has 5 aromatic carbocycles. The monoisotopic (exact) mass is 1620 g/mol. The van der Waals surface area contributed by atoms with Crippen molar-refractivity contribution in [3.05, 3.63) is 231 Å². The zero-order chi connectivity index (χ0) is 81.0. The van der Waals surface area contributed by atoms with Gasteiger partial charge in [0.1, 0.15) is 32.8 Å². The fourth-order valence-electron chi connectivity index (χ4n) is 13.0. The van der Waals surface area contributed by atoms with Gasteiger partial charge in [0.15, 0.2) is 0 Å². The number of nitrogens with zero attached hydrogens (tertiary/aromatic N) is 4. The second kappa shape index (κ2) is 43.2. The molecule has 0 spiro atoms. The lowest BCUT2D eigenvalue weighted by atomic mass is 9.89. The largest absolute Gasteiger partial charge is 0.444 e. The Morgan fingerprint density at radius 3 is 1.26 bits per heavy atom. The van der Waals surface area contributed by atoms with Gasteiger partial charge >= 0.3 is 18.3 Å². The van der Waals surface area contributed by atoms with Gasteiger partial charge < -0.3 is 51.2 Å². The zero-order valence-electron chi connectivity index (χ0n) is 65.4. The lowest BCUT2D eigenvalue weighted by molar-refractivity contribution is 0.0452. The van der Waals surface area contributed by atoms with Crippen LogP contribution in [0, 0.1) is 0 Å². The molecule has 3 fully saturated rings. The number of alkyl carbamates (subject to hydrolysis) is 3. The summed E-state index contributed by atoms with van der Waals surface area (Å²) in [5.41, 5.74) is 14.1. The Hall–Kier alpha value is -9.16. The lowest BCUT2D eigenvalue weighted by Crippen LogP contribution is -2.46. The summed E-state index contributed by atoms with van der Waals surface area (Å²) in [5, 5.41) is 21.8. The van der Waals surface area contributed by atoms with Gasteiger partial charge in [0.05, 0.1) is 10.0 Å². The van der Waals surface area contributed by atoms with Gasteiger partial charge in [0.2, 0.25) is 0 Å². The number of hydrogen-bond donors (Lipinski definition) is 6. The van der Waals surface area contributed by atoms with E-state index in [-0.39, 0.29) is 42.3 Å². The van der Waals surface area contributed by atoms with Crippen molar-refractivity contribution in [3.8, 4) is 33.4 Å². The molecule has 19 nitrogen and oxygen atoms in total. The van der Waals surface area contributed by atoms with Crippen molar-refractivity contribution in [2.24, 2.45) is 5.73 Å². The van der Waals surface area contributed by atoms with Crippen molar-refractivity contribution in [2.45, 2.75) is 206 Å². The molecule has 24 heteroatoms. The van der Waals surface area contributed by atoms with Crippen molar-refractivity contribution in [1.82, 2.24) is 41.1 Å². The number of aliphatic hydroxyl groups excluding tert-OH is 1. The Morgan fingerprint density at radius 2 is 0.839 bits per heavy atom. The molecule has 0 atom stereocenters. The van der Waals surface area contributed by atoms with Crippen LogP contribution >= 0.6 is 57.5 Å². The average Bonchev–Trinajstić information content (AvgIpc) is 1.61. The van der Waals surface area contributed by atoms with Gasteiger partial charge in [-0.2, -0.15) is 0 Å². The highest BCUT2D eigenvalue weighted by Gasteiger charge is 2.34. The van der Waals surface area contributed by atoms with E-state index in [2.05, 4.69) is 78.7 Å². The molecule has 0 saturated heterocycles. The van der Waals surface area contributed by atoms with E-state index >= 15 is 0 Å². The van der Waals surface area contributed by atoms with Crippen molar-refractivity contribution in [2.75, 3.05) is 7.11 Å². The van der Waals surface area contributed by atoms with E-state index in [0.717, 1.165) is 145 Å². The van der Waals surface area contributed by atoms with E-state index < -0.39 is 28.1 Å². The Kier molecular flexibility index (Phi) is 34.1. The number of carbonyl (C=O) groups is 6. The van der Waals surface area contributed by atoms with Crippen LogP contribution < -0.4 is 27.0 Å².